The van der Waals surface area contributed by atoms with Crippen LogP contribution in [0.4, 0.5) is 0 Å². The maximum absolute atomic E-state index is 12.1. The molecule has 92 valence electrons. The quantitative estimate of drug-likeness (QED) is 0.732. The molecule has 1 amide bonds. The predicted molar refractivity (Wildman–Crippen MR) is 62.8 cm³/mol. The molecule has 2 N–H and O–H groups in total. The highest BCUT2D eigenvalue weighted by Gasteiger charge is 2.27. The first-order chi connectivity index (χ1) is 8.08. The molecular formula is C12H16N2O3. The van der Waals surface area contributed by atoms with Gasteiger partial charge in [0, 0.05) is 19.2 Å². The maximum atomic E-state index is 12.1. The first-order valence-corrected chi connectivity index (χ1v) is 5.74. The van der Waals surface area contributed by atoms with E-state index in [-0.39, 0.29) is 23.5 Å². The summed E-state index contributed by atoms with van der Waals surface area (Å²) in [7, 11) is 0. The van der Waals surface area contributed by atoms with Crippen LogP contribution in [0.3, 0.4) is 0 Å². The molecule has 1 fully saturated rings. The molecule has 2 rings (SSSR count). The number of aromatic amines is 1. The Kier molecular flexibility index (Phi) is 3.28. The zero-order valence-corrected chi connectivity index (χ0v) is 9.72. The zero-order valence-electron chi connectivity index (χ0n) is 9.72. The summed E-state index contributed by atoms with van der Waals surface area (Å²) in [6, 6.07) is 4.53. The molecular weight excluding hydrogens is 220 g/mol. The van der Waals surface area contributed by atoms with Gasteiger partial charge in [0.1, 0.15) is 5.69 Å². The molecule has 17 heavy (non-hydrogen) atoms. The monoisotopic (exact) mass is 236 g/mol. The number of likely N-dealkylation sites (tertiary alicyclic amines) is 1. The van der Waals surface area contributed by atoms with Crippen LogP contribution in [0, 0.1) is 5.92 Å². The summed E-state index contributed by atoms with van der Waals surface area (Å²) in [4.78, 5) is 27.4. The normalized spacial score (nSPS) is 24.7. The first kappa shape index (κ1) is 11.9. The van der Waals surface area contributed by atoms with Crippen molar-refractivity contribution in [1.82, 2.24) is 9.88 Å². The molecule has 0 aromatic carbocycles. The number of rotatable bonds is 1. The summed E-state index contributed by atoms with van der Waals surface area (Å²) in [6.07, 6.45) is 0.248. The third-order valence-electron chi connectivity index (χ3n) is 3.15. The summed E-state index contributed by atoms with van der Waals surface area (Å²) in [5.41, 5.74) is 0.0297. The van der Waals surface area contributed by atoms with Crippen molar-refractivity contribution in [2.45, 2.75) is 19.4 Å². The summed E-state index contributed by atoms with van der Waals surface area (Å²) >= 11 is 0. The number of carbonyl (C=O) groups excluding carboxylic acids is 1. The van der Waals surface area contributed by atoms with E-state index in [1.807, 2.05) is 6.92 Å². The number of H-pyrrole nitrogens is 1. The fraction of sp³-hybridized carbons (Fsp3) is 0.500. The number of piperidine rings is 1. The molecule has 1 aliphatic heterocycles. The number of nitrogens with one attached hydrogen (secondary N) is 1. The SMILES string of the molecule is CC1CN(C(=O)c2cccc(=O)[nH]2)CCC1O. The molecule has 1 aliphatic rings. The fourth-order valence-corrected chi connectivity index (χ4v) is 2.06. The minimum atomic E-state index is -0.339. The van der Waals surface area contributed by atoms with Crippen molar-refractivity contribution in [1.29, 1.82) is 0 Å². The highest BCUT2D eigenvalue weighted by Crippen LogP contribution is 2.17. The van der Waals surface area contributed by atoms with Crippen LogP contribution >= 0.6 is 0 Å². The molecule has 0 radical (unpaired) electrons. The van der Waals surface area contributed by atoms with Gasteiger partial charge in [-0.15, -0.1) is 0 Å². The van der Waals surface area contributed by atoms with E-state index in [0.717, 1.165) is 0 Å². The highest BCUT2D eigenvalue weighted by molar-refractivity contribution is 5.92. The van der Waals surface area contributed by atoms with Crippen LogP contribution in [-0.4, -0.2) is 40.1 Å². The Hall–Kier alpha value is -1.62. The van der Waals surface area contributed by atoms with Crippen molar-refractivity contribution in [3.05, 3.63) is 34.2 Å². The Balaban J connectivity index is 2.13. The summed E-state index contributed by atoms with van der Waals surface area (Å²) < 4.78 is 0. The van der Waals surface area contributed by atoms with Crippen LogP contribution in [0.2, 0.25) is 0 Å². The van der Waals surface area contributed by atoms with Crippen LogP contribution < -0.4 is 5.56 Å². The summed E-state index contributed by atoms with van der Waals surface area (Å²) in [6.45, 7) is 2.97. The second kappa shape index (κ2) is 4.71. The van der Waals surface area contributed by atoms with Crippen molar-refractivity contribution in [2.24, 2.45) is 5.92 Å². The third-order valence-corrected chi connectivity index (χ3v) is 3.15. The van der Waals surface area contributed by atoms with Gasteiger partial charge in [-0.05, 0) is 18.4 Å². The van der Waals surface area contributed by atoms with Gasteiger partial charge in [-0.3, -0.25) is 9.59 Å². The molecule has 0 spiro atoms. The second-order valence-electron chi connectivity index (χ2n) is 4.51. The van der Waals surface area contributed by atoms with E-state index in [9.17, 15) is 14.7 Å². The molecule has 2 heterocycles. The van der Waals surface area contributed by atoms with E-state index in [0.29, 0.717) is 25.2 Å². The Bertz CT molecular complexity index is 469. The van der Waals surface area contributed by atoms with Crippen LogP contribution in [0.15, 0.2) is 23.0 Å². The number of amides is 1. The molecule has 0 aliphatic carbocycles. The smallest absolute Gasteiger partial charge is 0.270 e. The van der Waals surface area contributed by atoms with Crippen molar-refractivity contribution >= 4 is 5.91 Å². The number of carbonyl (C=O) groups is 1. The number of pyridine rings is 1. The van der Waals surface area contributed by atoms with Gasteiger partial charge < -0.3 is 15.0 Å². The van der Waals surface area contributed by atoms with Gasteiger partial charge in [-0.2, -0.15) is 0 Å². The topological polar surface area (TPSA) is 73.4 Å². The zero-order chi connectivity index (χ0) is 12.4. The Morgan fingerprint density at radius 3 is 2.94 bits per heavy atom. The molecule has 1 saturated heterocycles. The largest absolute Gasteiger partial charge is 0.393 e. The average Bonchev–Trinajstić information content (AvgIpc) is 2.32. The Labute approximate surface area is 99.1 Å². The molecule has 1 aromatic rings. The minimum Gasteiger partial charge on any atom is -0.393 e. The summed E-state index contributed by atoms with van der Waals surface area (Å²) in [5.74, 6) is -0.107. The number of aliphatic hydroxyl groups is 1. The van der Waals surface area contributed by atoms with Gasteiger partial charge in [0.15, 0.2) is 0 Å². The number of hydrogen-bond donors (Lipinski definition) is 2. The van der Waals surface area contributed by atoms with Crippen LogP contribution in [0.1, 0.15) is 23.8 Å². The molecule has 2 unspecified atom stereocenters. The lowest BCUT2D eigenvalue weighted by molar-refractivity contribution is 0.0294. The van der Waals surface area contributed by atoms with E-state index in [2.05, 4.69) is 4.98 Å². The Morgan fingerprint density at radius 2 is 2.29 bits per heavy atom. The highest BCUT2D eigenvalue weighted by atomic mass is 16.3. The van der Waals surface area contributed by atoms with E-state index >= 15 is 0 Å². The molecule has 0 bridgehead atoms. The van der Waals surface area contributed by atoms with Gasteiger partial charge in [-0.1, -0.05) is 13.0 Å². The lowest BCUT2D eigenvalue weighted by Gasteiger charge is -2.34. The van der Waals surface area contributed by atoms with Crippen LogP contribution in [-0.2, 0) is 0 Å². The average molecular weight is 236 g/mol. The number of nitrogens with zero attached hydrogens (tertiary/aromatic N) is 1. The lowest BCUT2D eigenvalue weighted by Crippen LogP contribution is -2.45. The van der Waals surface area contributed by atoms with Crippen molar-refractivity contribution in [2.75, 3.05) is 13.1 Å². The van der Waals surface area contributed by atoms with Crippen LogP contribution in [0.25, 0.3) is 0 Å². The van der Waals surface area contributed by atoms with E-state index in [1.54, 1.807) is 17.0 Å². The van der Waals surface area contributed by atoms with Gasteiger partial charge in [0.05, 0.1) is 6.10 Å². The lowest BCUT2D eigenvalue weighted by atomic mass is 9.96. The maximum Gasteiger partial charge on any atom is 0.270 e. The summed E-state index contributed by atoms with van der Waals surface area (Å²) in [5, 5.41) is 9.60. The number of aromatic nitrogens is 1. The van der Waals surface area contributed by atoms with E-state index in [4.69, 9.17) is 0 Å². The van der Waals surface area contributed by atoms with Gasteiger partial charge in [0.2, 0.25) is 5.56 Å². The predicted octanol–water partition coefficient (Wildman–Crippen LogP) is 0.218. The number of aliphatic hydroxyl groups excluding tert-OH is 1. The van der Waals surface area contributed by atoms with Gasteiger partial charge in [-0.25, -0.2) is 0 Å². The molecule has 0 saturated carbocycles. The molecule has 1 aromatic heterocycles. The standard InChI is InChI=1S/C12H16N2O3/c1-8-7-14(6-5-10(8)15)12(17)9-3-2-4-11(16)13-9/h2-4,8,10,15H,5-7H2,1H3,(H,13,16). The van der Waals surface area contributed by atoms with Gasteiger partial charge in [0.25, 0.3) is 5.91 Å². The number of hydrogen-bond acceptors (Lipinski definition) is 3. The third kappa shape index (κ3) is 2.55. The van der Waals surface area contributed by atoms with Crippen molar-refractivity contribution in [3.63, 3.8) is 0 Å². The second-order valence-corrected chi connectivity index (χ2v) is 4.51. The molecule has 2 atom stereocenters. The molecule has 5 nitrogen and oxygen atoms in total. The van der Waals surface area contributed by atoms with Crippen molar-refractivity contribution in [3.8, 4) is 0 Å². The first-order valence-electron chi connectivity index (χ1n) is 5.74. The Morgan fingerprint density at radius 1 is 1.53 bits per heavy atom. The van der Waals surface area contributed by atoms with Crippen molar-refractivity contribution < 1.29 is 9.90 Å². The fourth-order valence-electron chi connectivity index (χ4n) is 2.06. The van der Waals surface area contributed by atoms with E-state index < -0.39 is 0 Å². The molecule has 5 heteroatoms. The van der Waals surface area contributed by atoms with E-state index in [1.165, 1.54) is 6.07 Å². The van der Waals surface area contributed by atoms with Gasteiger partial charge >= 0.3 is 0 Å². The minimum absolute atomic E-state index is 0.0723. The van der Waals surface area contributed by atoms with Crippen LogP contribution in [0.5, 0.6) is 0 Å².